The van der Waals surface area contributed by atoms with Crippen molar-refractivity contribution in [1.82, 2.24) is 5.32 Å². The quantitative estimate of drug-likeness (QED) is 0.804. The maximum absolute atomic E-state index is 11.7. The second-order valence-corrected chi connectivity index (χ2v) is 6.08. The van der Waals surface area contributed by atoms with Crippen molar-refractivity contribution >= 4 is 15.9 Å². The molecule has 0 spiro atoms. The van der Waals surface area contributed by atoms with Gasteiger partial charge in [0.2, 0.25) is 15.9 Å². The third kappa shape index (κ3) is 3.68. The number of sulfonamides is 1. The fraction of sp³-hybridized carbons (Fsp3) is 0.417. The Balaban J connectivity index is 2.19. The molecule has 2 rings (SSSR count). The van der Waals surface area contributed by atoms with Gasteiger partial charge in [0.15, 0.2) is 0 Å². The van der Waals surface area contributed by atoms with Crippen molar-refractivity contribution < 1.29 is 17.9 Å². The van der Waals surface area contributed by atoms with E-state index in [4.69, 9.17) is 9.88 Å². The van der Waals surface area contributed by atoms with Gasteiger partial charge in [0.05, 0.1) is 13.5 Å². The number of amides is 1. The lowest BCUT2D eigenvalue weighted by Gasteiger charge is -2.09. The summed E-state index contributed by atoms with van der Waals surface area (Å²) in [6, 6.07) is 4.81. The number of rotatable bonds is 5. The Labute approximate surface area is 112 Å². The molecule has 1 fully saturated rings. The number of carbonyl (C=O) groups is 1. The van der Waals surface area contributed by atoms with E-state index in [-0.39, 0.29) is 29.0 Å². The Morgan fingerprint density at radius 1 is 1.47 bits per heavy atom. The maximum Gasteiger partial charge on any atom is 0.241 e. The Morgan fingerprint density at radius 2 is 2.16 bits per heavy atom. The molecule has 0 aromatic heterocycles. The first-order valence-corrected chi connectivity index (χ1v) is 7.44. The van der Waals surface area contributed by atoms with Crippen LogP contribution in [0.3, 0.4) is 0 Å². The first-order chi connectivity index (χ1) is 8.90. The fourth-order valence-corrected chi connectivity index (χ4v) is 2.49. The lowest BCUT2D eigenvalue weighted by molar-refractivity contribution is -0.120. The predicted molar refractivity (Wildman–Crippen MR) is 69.2 cm³/mol. The van der Waals surface area contributed by atoms with Crippen molar-refractivity contribution in [3.8, 4) is 5.75 Å². The van der Waals surface area contributed by atoms with Gasteiger partial charge in [-0.25, -0.2) is 13.6 Å². The molecular weight excluding hydrogens is 268 g/mol. The van der Waals surface area contributed by atoms with E-state index >= 15 is 0 Å². The zero-order valence-corrected chi connectivity index (χ0v) is 11.4. The van der Waals surface area contributed by atoms with Gasteiger partial charge in [0.1, 0.15) is 10.6 Å². The van der Waals surface area contributed by atoms with E-state index in [0.717, 1.165) is 12.8 Å². The monoisotopic (exact) mass is 284 g/mol. The average molecular weight is 284 g/mol. The number of carbonyl (C=O) groups excluding carboxylic acids is 1. The topological polar surface area (TPSA) is 98.5 Å². The number of methoxy groups -OCH3 is 1. The number of ether oxygens (including phenoxy) is 1. The van der Waals surface area contributed by atoms with Crippen molar-refractivity contribution in [2.24, 2.45) is 5.14 Å². The minimum absolute atomic E-state index is 0.105. The third-order valence-electron chi connectivity index (χ3n) is 2.84. The molecule has 1 aliphatic carbocycles. The van der Waals surface area contributed by atoms with E-state index in [9.17, 15) is 13.2 Å². The first kappa shape index (κ1) is 13.8. The van der Waals surface area contributed by atoms with Gasteiger partial charge in [-0.1, -0.05) is 6.07 Å². The van der Waals surface area contributed by atoms with Gasteiger partial charge >= 0.3 is 0 Å². The summed E-state index contributed by atoms with van der Waals surface area (Å²) in [5.41, 5.74) is 0.586. The summed E-state index contributed by atoms with van der Waals surface area (Å²) in [5, 5.41) is 7.95. The summed E-state index contributed by atoms with van der Waals surface area (Å²) in [6.07, 6.45) is 2.15. The van der Waals surface area contributed by atoms with Crippen molar-refractivity contribution in [3.63, 3.8) is 0 Å². The molecule has 0 unspecified atom stereocenters. The smallest absolute Gasteiger partial charge is 0.241 e. The Bertz CT molecular complexity index is 594. The van der Waals surface area contributed by atoms with Gasteiger partial charge in [0, 0.05) is 6.04 Å². The molecule has 0 aliphatic heterocycles. The molecule has 0 heterocycles. The zero-order chi connectivity index (χ0) is 14.0. The van der Waals surface area contributed by atoms with Crippen LogP contribution in [0.4, 0.5) is 0 Å². The minimum Gasteiger partial charge on any atom is -0.495 e. The SMILES string of the molecule is COc1ccc(CC(=O)NC2CC2)cc1S(N)(=O)=O. The van der Waals surface area contributed by atoms with E-state index in [0.29, 0.717) is 5.56 Å². The molecule has 1 amide bonds. The van der Waals surface area contributed by atoms with Crippen LogP contribution in [0, 0.1) is 0 Å². The van der Waals surface area contributed by atoms with Crippen LogP contribution in [0.2, 0.25) is 0 Å². The molecule has 6 nitrogen and oxygen atoms in total. The van der Waals surface area contributed by atoms with Gasteiger partial charge in [-0.15, -0.1) is 0 Å². The largest absolute Gasteiger partial charge is 0.495 e. The predicted octanol–water partition coefficient (Wildman–Crippen LogP) is 0.164. The highest BCUT2D eigenvalue weighted by molar-refractivity contribution is 7.89. The highest BCUT2D eigenvalue weighted by Crippen LogP contribution is 2.24. The number of hydrogen-bond donors (Lipinski definition) is 2. The number of primary sulfonamides is 1. The molecule has 0 saturated heterocycles. The molecule has 1 saturated carbocycles. The Morgan fingerprint density at radius 3 is 2.68 bits per heavy atom. The summed E-state index contributed by atoms with van der Waals surface area (Å²) in [4.78, 5) is 11.6. The zero-order valence-electron chi connectivity index (χ0n) is 10.5. The summed E-state index contributed by atoms with van der Waals surface area (Å²) in [7, 11) is -2.51. The van der Waals surface area contributed by atoms with Gasteiger partial charge in [-0.05, 0) is 30.5 Å². The highest BCUT2D eigenvalue weighted by atomic mass is 32.2. The van der Waals surface area contributed by atoms with E-state index in [1.165, 1.54) is 19.2 Å². The summed E-state index contributed by atoms with van der Waals surface area (Å²) in [5.74, 6) is 0.0573. The molecule has 3 N–H and O–H groups in total. The van der Waals surface area contributed by atoms with Crippen LogP contribution in [-0.2, 0) is 21.2 Å². The first-order valence-electron chi connectivity index (χ1n) is 5.89. The molecule has 1 aromatic rings. The van der Waals surface area contributed by atoms with Crippen LogP contribution >= 0.6 is 0 Å². The van der Waals surface area contributed by atoms with Crippen LogP contribution in [0.15, 0.2) is 23.1 Å². The van der Waals surface area contributed by atoms with Gasteiger partial charge in [0.25, 0.3) is 0 Å². The molecule has 0 radical (unpaired) electrons. The fourth-order valence-electron chi connectivity index (χ4n) is 1.75. The highest BCUT2D eigenvalue weighted by Gasteiger charge is 2.23. The number of nitrogens with two attached hydrogens (primary N) is 1. The molecule has 104 valence electrons. The standard InChI is InChI=1S/C12H16N2O4S/c1-18-10-5-2-8(6-11(10)19(13,16)17)7-12(15)14-9-3-4-9/h2,5-6,9H,3-4,7H2,1H3,(H,14,15)(H2,13,16,17). The second kappa shape index (κ2) is 5.18. The maximum atomic E-state index is 11.7. The molecule has 1 aliphatic rings. The molecular formula is C12H16N2O4S. The summed E-state index contributed by atoms with van der Waals surface area (Å²) >= 11 is 0. The van der Waals surface area contributed by atoms with Gasteiger partial charge in [-0.2, -0.15) is 0 Å². The van der Waals surface area contributed by atoms with E-state index < -0.39 is 10.0 Å². The van der Waals surface area contributed by atoms with Gasteiger partial charge < -0.3 is 10.1 Å². The number of hydrogen-bond acceptors (Lipinski definition) is 4. The van der Waals surface area contributed by atoms with Crippen molar-refractivity contribution in [3.05, 3.63) is 23.8 Å². The third-order valence-corrected chi connectivity index (χ3v) is 3.77. The molecule has 19 heavy (non-hydrogen) atoms. The Hall–Kier alpha value is -1.60. The number of nitrogens with one attached hydrogen (secondary N) is 1. The van der Waals surface area contributed by atoms with E-state index in [2.05, 4.69) is 5.32 Å². The van der Waals surface area contributed by atoms with Crippen molar-refractivity contribution in [2.75, 3.05) is 7.11 Å². The summed E-state index contributed by atoms with van der Waals surface area (Å²) < 4.78 is 27.8. The minimum atomic E-state index is -3.87. The van der Waals surface area contributed by atoms with Crippen LogP contribution in [-0.4, -0.2) is 27.5 Å². The van der Waals surface area contributed by atoms with Crippen molar-refractivity contribution in [1.29, 1.82) is 0 Å². The van der Waals surface area contributed by atoms with Crippen LogP contribution in [0.5, 0.6) is 5.75 Å². The molecule has 0 bridgehead atoms. The molecule has 1 aromatic carbocycles. The normalized spacial score (nSPS) is 15.1. The van der Waals surface area contributed by atoms with Gasteiger partial charge in [-0.3, -0.25) is 4.79 Å². The van der Waals surface area contributed by atoms with E-state index in [1.807, 2.05) is 0 Å². The number of benzene rings is 1. The molecule has 7 heteroatoms. The van der Waals surface area contributed by atoms with Crippen LogP contribution < -0.4 is 15.2 Å². The Kier molecular flexibility index (Phi) is 3.77. The van der Waals surface area contributed by atoms with Crippen molar-refractivity contribution in [2.45, 2.75) is 30.2 Å². The second-order valence-electron chi connectivity index (χ2n) is 4.55. The average Bonchev–Trinajstić information content (AvgIpc) is 3.11. The summed E-state index contributed by atoms with van der Waals surface area (Å²) in [6.45, 7) is 0. The lowest BCUT2D eigenvalue weighted by Crippen LogP contribution is -2.27. The van der Waals surface area contributed by atoms with E-state index in [1.54, 1.807) is 6.07 Å². The lowest BCUT2D eigenvalue weighted by atomic mass is 10.1. The van der Waals surface area contributed by atoms with Crippen LogP contribution in [0.1, 0.15) is 18.4 Å². The van der Waals surface area contributed by atoms with Crippen LogP contribution in [0.25, 0.3) is 0 Å². The molecule has 0 atom stereocenters.